The third kappa shape index (κ3) is 2.83. The lowest BCUT2D eigenvalue weighted by atomic mass is 10.1. The topological polar surface area (TPSA) is 52.5 Å². The van der Waals surface area contributed by atoms with Gasteiger partial charge in [-0.3, -0.25) is 0 Å². The Labute approximate surface area is 100 Å². The molecule has 1 aliphatic carbocycles. The zero-order valence-corrected chi connectivity index (χ0v) is 9.91. The van der Waals surface area contributed by atoms with Crippen molar-refractivity contribution in [1.29, 1.82) is 0 Å². The summed E-state index contributed by atoms with van der Waals surface area (Å²) in [4.78, 5) is 0. The molecule has 0 saturated heterocycles. The molecule has 0 saturated carbocycles. The number of fused-ring (bicyclic) bond motifs is 1. The predicted molar refractivity (Wildman–Crippen MR) is 63.2 cm³/mol. The van der Waals surface area contributed by atoms with E-state index in [4.69, 9.17) is 5.11 Å². The van der Waals surface area contributed by atoms with E-state index in [2.05, 4.69) is 5.32 Å². The lowest BCUT2D eigenvalue weighted by Crippen LogP contribution is -2.41. The Balaban J connectivity index is 2.03. The van der Waals surface area contributed by atoms with E-state index in [9.17, 15) is 9.50 Å². The molecule has 1 aliphatic rings. The van der Waals surface area contributed by atoms with Gasteiger partial charge in [-0.15, -0.1) is 0 Å². The standard InChI is InChI=1S/C13H18FNO2/c1-13(17,8-16)7-15-12-5-2-9-6-10(14)3-4-11(9)12/h3-4,6,12,15-17H,2,5,7-8H2,1H3. The van der Waals surface area contributed by atoms with Gasteiger partial charge in [0.1, 0.15) is 5.82 Å². The highest BCUT2D eigenvalue weighted by atomic mass is 19.1. The molecular weight excluding hydrogens is 221 g/mol. The average Bonchev–Trinajstić information content (AvgIpc) is 2.69. The molecule has 1 aromatic carbocycles. The van der Waals surface area contributed by atoms with E-state index in [1.165, 1.54) is 6.07 Å². The van der Waals surface area contributed by atoms with Gasteiger partial charge in [0.2, 0.25) is 0 Å². The van der Waals surface area contributed by atoms with Crippen molar-refractivity contribution < 1.29 is 14.6 Å². The molecule has 0 aliphatic heterocycles. The molecule has 0 fully saturated rings. The van der Waals surface area contributed by atoms with E-state index >= 15 is 0 Å². The number of benzene rings is 1. The van der Waals surface area contributed by atoms with Gasteiger partial charge < -0.3 is 15.5 Å². The minimum Gasteiger partial charge on any atom is -0.393 e. The second-order valence-electron chi connectivity index (χ2n) is 4.97. The first-order valence-corrected chi connectivity index (χ1v) is 5.87. The zero-order valence-electron chi connectivity index (χ0n) is 9.91. The molecular formula is C13H18FNO2. The van der Waals surface area contributed by atoms with Crippen LogP contribution in [0, 0.1) is 5.82 Å². The van der Waals surface area contributed by atoms with Gasteiger partial charge in [0.25, 0.3) is 0 Å². The smallest absolute Gasteiger partial charge is 0.123 e. The molecule has 0 bridgehead atoms. The molecule has 0 aromatic heterocycles. The summed E-state index contributed by atoms with van der Waals surface area (Å²) in [6.45, 7) is 1.63. The van der Waals surface area contributed by atoms with Crippen molar-refractivity contribution in [3.05, 3.63) is 35.1 Å². The number of halogens is 1. The quantitative estimate of drug-likeness (QED) is 0.738. The third-order valence-electron chi connectivity index (χ3n) is 3.25. The lowest BCUT2D eigenvalue weighted by Gasteiger charge is -2.24. The maximum Gasteiger partial charge on any atom is 0.123 e. The van der Waals surface area contributed by atoms with E-state index in [1.807, 2.05) is 0 Å². The van der Waals surface area contributed by atoms with Crippen LogP contribution in [0.3, 0.4) is 0 Å². The van der Waals surface area contributed by atoms with E-state index < -0.39 is 5.60 Å². The second kappa shape index (κ2) is 4.72. The van der Waals surface area contributed by atoms with Crippen molar-refractivity contribution in [2.45, 2.75) is 31.4 Å². The summed E-state index contributed by atoms with van der Waals surface area (Å²) in [6.07, 6.45) is 1.76. The van der Waals surface area contributed by atoms with Gasteiger partial charge in [-0.2, -0.15) is 0 Å². The largest absolute Gasteiger partial charge is 0.393 e. The van der Waals surface area contributed by atoms with E-state index in [0.717, 1.165) is 24.0 Å². The predicted octanol–water partition coefficient (Wildman–Crippen LogP) is 1.15. The number of rotatable bonds is 4. The van der Waals surface area contributed by atoms with Gasteiger partial charge in [0.15, 0.2) is 0 Å². The number of hydrogen-bond acceptors (Lipinski definition) is 3. The van der Waals surface area contributed by atoms with Crippen molar-refractivity contribution in [3.63, 3.8) is 0 Å². The van der Waals surface area contributed by atoms with Crippen LogP contribution in [0.1, 0.15) is 30.5 Å². The Bertz CT molecular complexity index is 406. The number of nitrogens with one attached hydrogen (secondary N) is 1. The number of hydrogen-bond donors (Lipinski definition) is 3. The Morgan fingerprint density at radius 2 is 2.29 bits per heavy atom. The van der Waals surface area contributed by atoms with Crippen LogP contribution in [0.5, 0.6) is 0 Å². The van der Waals surface area contributed by atoms with Crippen LogP contribution in [-0.4, -0.2) is 29.0 Å². The summed E-state index contributed by atoms with van der Waals surface area (Å²) in [7, 11) is 0. The van der Waals surface area contributed by atoms with Gasteiger partial charge in [0.05, 0.1) is 12.2 Å². The summed E-state index contributed by atoms with van der Waals surface area (Å²) in [5, 5.41) is 21.9. The second-order valence-corrected chi connectivity index (χ2v) is 4.97. The number of aliphatic hydroxyl groups excluding tert-OH is 1. The number of aliphatic hydroxyl groups is 2. The highest BCUT2D eigenvalue weighted by molar-refractivity contribution is 5.34. The van der Waals surface area contributed by atoms with Gasteiger partial charge >= 0.3 is 0 Å². The van der Waals surface area contributed by atoms with E-state index in [-0.39, 0.29) is 18.5 Å². The molecule has 0 radical (unpaired) electrons. The van der Waals surface area contributed by atoms with Crippen LogP contribution in [0.25, 0.3) is 0 Å². The third-order valence-corrected chi connectivity index (χ3v) is 3.25. The summed E-state index contributed by atoms with van der Waals surface area (Å²) < 4.78 is 13.0. The fourth-order valence-corrected chi connectivity index (χ4v) is 2.20. The number of aryl methyl sites for hydroxylation is 1. The van der Waals surface area contributed by atoms with Crippen LogP contribution < -0.4 is 5.32 Å². The van der Waals surface area contributed by atoms with Crippen molar-refractivity contribution in [2.75, 3.05) is 13.2 Å². The Morgan fingerprint density at radius 3 is 3.00 bits per heavy atom. The zero-order chi connectivity index (χ0) is 12.5. The molecule has 3 N–H and O–H groups in total. The SMILES string of the molecule is CC(O)(CO)CNC1CCc2cc(F)ccc21. The highest BCUT2D eigenvalue weighted by Crippen LogP contribution is 2.31. The first-order chi connectivity index (χ1) is 8.02. The monoisotopic (exact) mass is 239 g/mol. The van der Waals surface area contributed by atoms with Crippen molar-refractivity contribution >= 4 is 0 Å². The molecule has 1 aromatic rings. The van der Waals surface area contributed by atoms with E-state index in [1.54, 1.807) is 19.1 Å². The Morgan fingerprint density at radius 1 is 1.53 bits per heavy atom. The first kappa shape index (κ1) is 12.5. The molecule has 4 heteroatoms. The Kier molecular flexibility index (Phi) is 3.47. The van der Waals surface area contributed by atoms with Crippen molar-refractivity contribution in [1.82, 2.24) is 5.32 Å². The molecule has 0 spiro atoms. The van der Waals surface area contributed by atoms with Gasteiger partial charge in [-0.05, 0) is 43.0 Å². The lowest BCUT2D eigenvalue weighted by molar-refractivity contribution is 0.000715. The fraction of sp³-hybridized carbons (Fsp3) is 0.538. The molecule has 3 nitrogen and oxygen atoms in total. The van der Waals surface area contributed by atoms with Gasteiger partial charge in [-0.1, -0.05) is 6.07 Å². The molecule has 0 amide bonds. The molecule has 0 heterocycles. The highest BCUT2D eigenvalue weighted by Gasteiger charge is 2.26. The van der Waals surface area contributed by atoms with Crippen LogP contribution in [0.15, 0.2) is 18.2 Å². The summed E-state index contributed by atoms with van der Waals surface area (Å²) in [5.74, 6) is -0.202. The van der Waals surface area contributed by atoms with Crippen LogP contribution in [0.4, 0.5) is 4.39 Å². The molecule has 2 rings (SSSR count). The van der Waals surface area contributed by atoms with Crippen LogP contribution in [0.2, 0.25) is 0 Å². The minimum atomic E-state index is -1.11. The van der Waals surface area contributed by atoms with Gasteiger partial charge in [-0.25, -0.2) is 4.39 Å². The van der Waals surface area contributed by atoms with Crippen molar-refractivity contribution in [3.8, 4) is 0 Å². The van der Waals surface area contributed by atoms with Crippen LogP contribution in [-0.2, 0) is 6.42 Å². The summed E-state index contributed by atoms with van der Waals surface area (Å²) in [6, 6.07) is 4.97. The molecule has 2 unspecified atom stereocenters. The molecule has 2 atom stereocenters. The van der Waals surface area contributed by atoms with Gasteiger partial charge in [0, 0.05) is 12.6 Å². The maximum atomic E-state index is 13.0. The van der Waals surface area contributed by atoms with E-state index in [0.29, 0.717) is 6.54 Å². The normalized spacial score (nSPS) is 22.2. The average molecular weight is 239 g/mol. The van der Waals surface area contributed by atoms with Crippen LogP contribution >= 0.6 is 0 Å². The summed E-state index contributed by atoms with van der Waals surface area (Å²) >= 11 is 0. The first-order valence-electron chi connectivity index (χ1n) is 5.87. The Hall–Kier alpha value is -0.970. The maximum absolute atomic E-state index is 13.0. The summed E-state index contributed by atoms with van der Waals surface area (Å²) in [5.41, 5.74) is 1.02. The fourth-order valence-electron chi connectivity index (χ4n) is 2.20. The van der Waals surface area contributed by atoms with Crippen molar-refractivity contribution in [2.24, 2.45) is 0 Å². The minimum absolute atomic E-state index is 0.142. The molecule has 17 heavy (non-hydrogen) atoms. The molecule has 94 valence electrons.